The van der Waals surface area contributed by atoms with Crippen LogP contribution in [0.1, 0.15) is 17.9 Å². The summed E-state index contributed by atoms with van der Waals surface area (Å²) in [5.74, 6) is -1.30. The summed E-state index contributed by atoms with van der Waals surface area (Å²) in [5, 5.41) is 9.78. The molecule has 3 nitrogen and oxygen atoms in total. The van der Waals surface area contributed by atoms with E-state index in [1.54, 1.807) is 6.07 Å². The summed E-state index contributed by atoms with van der Waals surface area (Å²) in [7, 11) is 0. The Kier molecular flexibility index (Phi) is 3.46. The van der Waals surface area contributed by atoms with E-state index in [1.165, 1.54) is 0 Å². The summed E-state index contributed by atoms with van der Waals surface area (Å²) in [4.78, 5) is 11.2. The van der Waals surface area contributed by atoms with Crippen LogP contribution in [0.4, 0.5) is 0 Å². The predicted octanol–water partition coefficient (Wildman–Crippen LogP) is 2.54. The number of benzene rings is 1. The molecule has 1 N–H and O–H groups in total. The molecular formula is C12H13ClO3. The number of carboxylic acid groups (broad SMARTS) is 1. The third-order valence-electron chi connectivity index (χ3n) is 2.98. The second-order valence-corrected chi connectivity index (χ2v) is 4.34. The lowest BCUT2D eigenvalue weighted by Crippen LogP contribution is -2.31. The number of rotatable bonds is 2. The summed E-state index contributed by atoms with van der Waals surface area (Å²) in [6.45, 7) is 0.943. The van der Waals surface area contributed by atoms with Crippen LogP contribution in [0.2, 0.25) is 5.02 Å². The summed E-state index contributed by atoms with van der Waals surface area (Å²) in [6.07, 6.45) is 0.547. The molecule has 1 aromatic carbocycles. The highest BCUT2D eigenvalue weighted by Gasteiger charge is 2.33. The van der Waals surface area contributed by atoms with Crippen molar-refractivity contribution in [1.82, 2.24) is 0 Å². The van der Waals surface area contributed by atoms with Gasteiger partial charge in [-0.25, -0.2) is 0 Å². The standard InChI is InChI=1S/C12H13ClO3/c13-11-4-2-1-3-8(11)10-7-16-6-5-9(10)12(14)15/h1-4,9-10H,5-7H2,(H,14,15). The van der Waals surface area contributed by atoms with Crippen molar-refractivity contribution in [3.8, 4) is 0 Å². The molecule has 1 fully saturated rings. The van der Waals surface area contributed by atoms with E-state index in [2.05, 4.69) is 0 Å². The minimum Gasteiger partial charge on any atom is -0.481 e. The third-order valence-corrected chi connectivity index (χ3v) is 3.32. The van der Waals surface area contributed by atoms with Gasteiger partial charge in [0.1, 0.15) is 0 Å². The van der Waals surface area contributed by atoms with E-state index in [0.29, 0.717) is 24.7 Å². The zero-order valence-electron chi connectivity index (χ0n) is 8.73. The first-order chi connectivity index (χ1) is 7.70. The van der Waals surface area contributed by atoms with Crippen LogP contribution in [-0.2, 0) is 9.53 Å². The summed E-state index contributed by atoms with van der Waals surface area (Å²) in [6, 6.07) is 7.36. The molecule has 86 valence electrons. The van der Waals surface area contributed by atoms with Gasteiger partial charge in [0.05, 0.1) is 12.5 Å². The quantitative estimate of drug-likeness (QED) is 0.864. The van der Waals surface area contributed by atoms with E-state index < -0.39 is 11.9 Å². The van der Waals surface area contributed by atoms with Crippen molar-refractivity contribution in [3.63, 3.8) is 0 Å². The molecule has 1 aromatic rings. The lowest BCUT2D eigenvalue weighted by atomic mass is 9.83. The Balaban J connectivity index is 2.30. The molecule has 0 bridgehead atoms. The number of ether oxygens (including phenoxy) is 1. The molecule has 2 atom stereocenters. The zero-order chi connectivity index (χ0) is 11.5. The van der Waals surface area contributed by atoms with E-state index >= 15 is 0 Å². The van der Waals surface area contributed by atoms with Crippen LogP contribution in [0.25, 0.3) is 0 Å². The largest absolute Gasteiger partial charge is 0.481 e. The Morgan fingerprint density at radius 2 is 2.19 bits per heavy atom. The summed E-state index contributed by atoms with van der Waals surface area (Å²) < 4.78 is 5.35. The predicted molar refractivity (Wildman–Crippen MR) is 60.8 cm³/mol. The normalized spacial score (nSPS) is 25.3. The molecule has 0 spiro atoms. The van der Waals surface area contributed by atoms with E-state index in [-0.39, 0.29) is 5.92 Å². The van der Waals surface area contributed by atoms with Gasteiger partial charge in [0, 0.05) is 17.5 Å². The van der Waals surface area contributed by atoms with Gasteiger partial charge >= 0.3 is 5.97 Å². The van der Waals surface area contributed by atoms with Gasteiger partial charge in [-0.2, -0.15) is 0 Å². The van der Waals surface area contributed by atoms with Gasteiger partial charge in [-0.1, -0.05) is 29.8 Å². The topological polar surface area (TPSA) is 46.5 Å². The van der Waals surface area contributed by atoms with Gasteiger partial charge in [0.15, 0.2) is 0 Å². The van der Waals surface area contributed by atoms with E-state index in [4.69, 9.17) is 21.4 Å². The lowest BCUT2D eigenvalue weighted by Gasteiger charge is -2.29. The monoisotopic (exact) mass is 240 g/mol. The maximum atomic E-state index is 11.2. The van der Waals surface area contributed by atoms with Crippen molar-refractivity contribution in [1.29, 1.82) is 0 Å². The Labute approximate surface area is 99.0 Å². The molecule has 1 heterocycles. The van der Waals surface area contributed by atoms with E-state index in [9.17, 15) is 4.79 Å². The summed E-state index contributed by atoms with van der Waals surface area (Å²) in [5.41, 5.74) is 0.872. The smallest absolute Gasteiger partial charge is 0.307 e. The highest BCUT2D eigenvalue weighted by atomic mass is 35.5. The molecule has 2 rings (SSSR count). The number of hydrogen-bond donors (Lipinski definition) is 1. The number of hydrogen-bond acceptors (Lipinski definition) is 2. The second-order valence-electron chi connectivity index (χ2n) is 3.94. The van der Waals surface area contributed by atoms with Crippen LogP contribution in [0, 0.1) is 5.92 Å². The fraction of sp³-hybridized carbons (Fsp3) is 0.417. The maximum absolute atomic E-state index is 11.2. The fourth-order valence-corrected chi connectivity index (χ4v) is 2.39. The molecular weight excluding hydrogens is 228 g/mol. The maximum Gasteiger partial charge on any atom is 0.307 e. The zero-order valence-corrected chi connectivity index (χ0v) is 9.48. The Morgan fingerprint density at radius 3 is 2.88 bits per heavy atom. The van der Waals surface area contributed by atoms with Gasteiger partial charge in [-0.05, 0) is 18.1 Å². The molecule has 16 heavy (non-hydrogen) atoms. The van der Waals surface area contributed by atoms with Crippen molar-refractivity contribution in [2.75, 3.05) is 13.2 Å². The fourth-order valence-electron chi connectivity index (χ4n) is 2.12. The molecule has 2 unspecified atom stereocenters. The Hall–Kier alpha value is -1.06. The lowest BCUT2D eigenvalue weighted by molar-refractivity contribution is -0.146. The minimum absolute atomic E-state index is 0.139. The molecule has 0 amide bonds. The molecule has 1 aliphatic rings. The molecule has 1 aliphatic heterocycles. The van der Waals surface area contributed by atoms with Crippen molar-refractivity contribution < 1.29 is 14.6 Å². The SMILES string of the molecule is O=C(O)C1CCOCC1c1ccccc1Cl. The molecule has 0 saturated carbocycles. The van der Waals surface area contributed by atoms with Gasteiger partial charge in [0.25, 0.3) is 0 Å². The van der Waals surface area contributed by atoms with Crippen LogP contribution in [0.3, 0.4) is 0 Å². The Bertz CT molecular complexity index is 392. The van der Waals surface area contributed by atoms with Crippen LogP contribution in [0.5, 0.6) is 0 Å². The second kappa shape index (κ2) is 4.85. The van der Waals surface area contributed by atoms with E-state index in [0.717, 1.165) is 5.56 Å². The van der Waals surface area contributed by atoms with Crippen molar-refractivity contribution in [3.05, 3.63) is 34.9 Å². The van der Waals surface area contributed by atoms with Crippen LogP contribution in [0.15, 0.2) is 24.3 Å². The van der Waals surface area contributed by atoms with Crippen LogP contribution in [-0.4, -0.2) is 24.3 Å². The Morgan fingerprint density at radius 1 is 1.44 bits per heavy atom. The van der Waals surface area contributed by atoms with Crippen LogP contribution >= 0.6 is 11.6 Å². The molecule has 4 heteroatoms. The van der Waals surface area contributed by atoms with Crippen LogP contribution < -0.4 is 0 Å². The van der Waals surface area contributed by atoms with Gasteiger partial charge in [-0.3, -0.25) is 4.79 Å². The van der Waals surface area contributed by atoms with Gasteiger partial charge < -0.3 is 9.84 Å². The molecule has 0 aromatic heterocycles. The first-order valence-corrected chi connectivity index (χ1v) is 5.63. The number of carboxylic acids is 1. The highest BCUT2D eigenvalue weighted by Crippen LogP contribution is 2.35. The average molecular weight is 241 g/mol. The number of carbonyl (C=O) groups is 1. The van der Waals surface area contributed by atoms with Crippen molar-refractivity contribution >= 4 is 17.6 Å². The first-order valence-electron chi connectivity index (χ1n) is 5.25. The number of aliphatic carboxylic acids is 1. The van der Waals surface area contributed by atoms with Crippen molar-refractivity contribution in [2.45, 2.75) is 12.3 Å². The third kappa shape index (κ3) is 2.20. The average Bonchev–Trinajstić information content (AvgIpc) is 2.29. The molecule has 0 radical (unpaired) electrons. The van der Waals surface area contributed by atoms with Crippen molar-refractivity contribution in [2.24, 2.45) is 5.92 Å². The highest BCUT2D eigenvalue weighted by molar-refractivity contribution is 6.31. The van der Waals surface area contributed by atoms with Gasteiger partial charge in [-0.15, -0.1) is 0 Å². The number of halogens is 1. The van der Waals surface area contributed by atoms with E-state index in [1.807, 2.05) is 18.2 Å². The summed E-state index contributed by atoms with van der Waals surface area (Å²) >= 11 is 6.08. The first kappa shape index (κ1) is 11.4. The van der Waals surface area contributed by atoms with Gasteiger partial charge in [0.2, 0.25) is 0 Å². The molecule has 0 aliphatic carbocycles. The minimum atomic E-state index is -0.770. The molecule has 1 saturated heterocycles.